The largest absolute Gasteiger partial charge is 0.428 e. The molecular formula is C16H11N3O2. The molecule has 1 fully saturated rings. The van der Waals surface area contributed by atoms with Crippen LogP contribution in [0.4, 0.5) is 10.5 Å². The number of amides is 1. The molecule has 0 N–H and O–H groups in total. The molecule has 2 aliphatic rings. The van der Waals surface area contributed by atoms with E-state index in [0.29, 0.717) is 6.42 Å². The molecule has 0 spiro atoms. The summed E-state index contributed by atoms with van der Waals surface area (Å²) in [6.45, 7) is 0. The van der Waals surface area contributed by atoms with Crippen molar-refractivity contribution in [3.05, 3.63) is 48.3 Å². The number of rotatable bonds is 1. The Hall–Kier alpha value is -2.87. The van der Waals surface area contributed by atoms with E-state index in [1.807, 2.05) is 30.5 Å². The molecular weight excluding hydrogens is 266 g/mol. The number of pyridine rings is 1. The molecule has 3 heterocycles. The molecule has 5 nitrogen and oxygen atoms in total. The predicted octanol–water partition coefficient (Wildman–Crippen LogP) is 2.52. The molecule has 1 unspecified atom stereocenters. The molecule has 2 atom stereocenters. The summed E-state index contributed by atoms with van der Waals surface area (Å²) in [4.78, 5) is 17.6. The van der Waals surface area contributed by atoms with Crippen molar-refractivity contribution in [3.8, 4) is 17.2 Å². The van der Waals surface area contributed by atoms with E-state index in [1.165, 1.54) is 0 Å². The van der Waals surface area contributed by atoms with Gasteiger partial charge in [0.25, 0.3) is 0 Å². The Morgan fingerprint density at radius 2 is 2.24 bits per heavy atom. The lowest BCUT2D eigenvalue weighted by molar-refractivity contribution is 0.156. The van der Waals surface area contributed by atoms with E-state index in [2.05, 4.69) is 17.1 Å². The van der Waals surface area contributed by atoms with Gasteiger partial charge in [-0.1, -0.05) is 12.1 Å². The first-order valence-electron chi connectivity index (χ1n) is 6.71. The van der Waals surface area contributed by atoms with Crippen molar-refractivity contribution in [2.75, 3.05) is 4.90 Å². The lowest BCUT2D eigenvalue weighted by atomic mass is 10.0. The number of nitriles is 1. The highest BCUT2D eigenvalue weighted by Gasteiger charge is 2.47. The van der Waals surface area contributed by atoms with Crippen LogP contribution < -0.4 is 4.90 Å². The van der Waals surface area contributed by atoms with Gasteiger partial charge in [0.1, 0.15) is 6.07 Å². The summed E-state index contributed by atoms with van der Waals surface area (Å²) in [5.41, 5.74) is 4.00. The van der Waals surface area contributed by atoms with Crippen LogP contribution >= 0.6 is 0 Å². The summed E-state index contributed by atoms with van der Waals surface area (Å²) >= 11 is 0. The van der Waals surface area contributed by atoms with Crippen LogP contribution in [-0.2, 0) is 11.2 Å². The van der Waals surface area contributed by atoms with Gasteiger partial charge in [0.05, 0.1) is 11.7 Å². The molecule has 4 rings (SSSR count). The number of hydrogen-bond acceptors (Lipinski definition) is 4. The number of nitrogens with zero attached hydrogens (tertiary/aromatic N) is 3. The Bertz CT molecular complexity index is 767. The van der Waals surface area contributed by atoms with Gasteiger partial charge in [-0.05, 0) is 34.9 Å². The minimum absolute atomic E-state index is 0.207. The van der Waals surface area contributed by atoms with Gasteiger partial charge in [-0.3, -0.25) is 9.88 Å². The molecule has 0 aliphatic carbocycles. The zero-order chi connectivity index (χ0) is 14.4. The van der Waals surface area contributed by atoms with Crippen molar-refractivity contribution < 1.29 is 9.53 Å². The standard InChI is InChI=1S/C16H11N3O2/c17-8-15-14-7-12-6-10(11-2-1-5-18-9-11)3-4-13(12)19(14)16(20)21-15/h1-6,9,14-15H,7H2/t14?,15-/m0/s1. The van der Waals surface area contributed by atoms with E-state index in [4.69, 9.17) is 10.00 Å². The first-order chi connectivity index (χ1) is 10.3. The molecule has 21 heavy (non-hydrogen) atoms. The smallest absolute Gasteiger partial charge is 0.416 e. The molecule has 0 radical (unpaired) electrons. The molecule has 1 amide bonds. The summed E-state index contributed by atoms with van der Waals surface area (Å²) in [6.07, 6.45) is 3.07. The van der Waals surface area contributed by atoms with Crippen LogP contribution in [0.1, 0.15) is 5.56 Å². The highest BCUT2D eigenvalue weighted by molar-refractivity contribution is 5.94. The minimum Gasteiger partial charge on any atom is -0.428 e. The van der Waals surface area contributed by atoms with Gasteiger partial charge in [0.2, 0.25) is 6.10 Å². The van der Waals surface area contributed by atoms with E-state index in [9.17, 15) is 4.79 Å². The molecule has 0 bridgehead atoms. The maximum absolute atomic E-state index is 11.9. The fourth-order valence-electron chi connectivity index (χ4n) is 3.02. The zero-order valence-electron chi connectivity index (χ0n) is 11.1. The van der Waals surface area contributed by atoms with Crippen LogP contribution in [0.3, 0.4) is 0 Å². The van der Waals surface area contributed by atoms with Crippen molar-refractivity contribution in [1.82, 2.24) is 4.98 Å². The van der Waals surface area contributed by atoms with Crippen LogP contribution in [-0.4, -0.2) is 23.2 Å². The number of carbonyl (C=O) groups excluding carboxylic acids is 1. The van der Waals surface area contributed by atoms with Gasteiger partial charge < -0.3 is 4.74 Å². The Labute approximate surface area is 121 Å². The third kappa shape index (κ3) is 1.69. The lowest BCUT2D eigenvalue weighted by Gasteiger charge is -2.13. The molecule has 1 aromatic heterocycles. The summed E-state index contributed by atoms with van der Waals surface area (Å²) in [5.74, 6) is 0. The second-order valence-corrected chi connectivity index (χ2v) is 5.16. The third-order valence-electron chi connectivity index (χ3n) is 4.00. The normalized spacial score (nSPS) is 22.4. The average Bonchev–Trinajstić information content (AvgIpc) is 3.05. The Morgan fingerprint density at radius 3 is 3.00 bits per heavy atom. The van der Waals surface area contributed by atoms with Crippen LogP contribution in [0.15, 0.2) is 42.7 Å². The maximum atomic E-state index is 11.9. The molecule has 1 saturated heterocycles. The number of hydrogen-bond donors (Lipinski definition) is 0. The Kier molecular flexibility index (Phi) is 2.45. The number of ether oxygens (including phenoxy) is 1. The molecule has 1 aromatic carbocycles. The fraction of sp³-hybridized carbons (Fsp3) is 0.188. The third-order valence-corrected chi connectivity index (χ3v) is 4.00. The van der Waals surface area contributed by atoms with Gasteiger partial charge in [-0.25, -0.2) is 4.79 Å². The van der Waals surface area contributed by atoms with E-state index >= 15 is 0 Å². The number of carbonyl (C=O) groups is 1. The summed E-state index contributed by atoms with van der Waals surface area (Å²) < 4.78 is 5.07. The SMILES string of the molecule is N#C[C@@H]1OC(=O)N2c3ccc(-c4cccnc4)cc3CC12. The summed E-state index contributed by atoms with van der Waals surface area (Å²) in [6, 6.07) is 11.7. The lowest BCUT2D eigenvalue weighted by Crippen LogP contribution is -2.32. The number of aromatic nitrogens is 1. The Morgan fingerprint density at radius 1 is 1.33 bits per heavy atom. The first-order valence-corrected chi connectivity index (χ1v) is 6.71. The van der Waals surface area contributed by atoms with Gasteiger partial charge >= 0.3 is 6.09 Å². The van der Waals surface area contributed by atoms with Gasteiger partial charge in [-0.2, -0.15) is 5.26 Å². The average molecular weight is 277 g/mol. The van der Waals surface area contributed by atoms with Crippen molar-refractivity contribution in [3.63, 3.8) is 0 Å². The van der Waals surface area contributed by atoms with Crippen molar-refractivity contribution in [2.45, 2.75) is 18.6 Å². The van der Waals surface area contributed by atoms with Crippen molar-refractivity contribution >= 4 is 11.8 Å². The van der Waals surface area contributed by atoms with Gasteiger partial charge in [0.15, 0.2) is 0 Å². The topological polar surface area (TPSA) is 66.2 Å². The van der Waals surface area contributed by atoms with E-state index in [0.717, 1.165) is 22.4 Å². The van der Waals surface area contributed by atoms with E-state index < -0.39 is 12.2 Å². The molecule has 102 valence electrons. The quantitative estimate of drug-likeness (QED) is 0.803. The van der Waals surface area contributed by atoms with Gasteiger partial charge in [-0.15, -0.1) is 0 Å². The van der Waals surface area contributed by atoms with Crippen LogP contribution in [0.25, 0.3) is 11.1 Å². The van der Waals surface area contributed by atoms with E-state index in [1.54, 1.807) is 11.1 Å². The van der Waals surface area contributed by atoms with Crippen molar-refractivity contribution in [1.29, 1.82) is 5.26 Å². The molecule has 5 heteroatoms. The second kappa shape index (κ2) is 4.32. The van der Waals surface area contributed by atoms with Crippen molar-refractivity contribution in [2.24, 2.45) is 0 Å². The molecule has 2 aliphatic heterocycles. The summed E-state index contributed by atoms with van der Waals surface area (Å²) in [7, 11) is 0. The Balaban J connectivity index is 1.76. The zero-order valence-corrected chi connectivity index (χ0v) is 11.1. The molecule has 0 saturated carbocycles. The van der Waals surface area contributed by atoms with Crippen LogP contribution in [0.2, 0.25) is 0 Å². The maximum Gasteiger partial charge on any atom is 0.416 e. The highest BCUT2D eigenvalue weighted by atomic mass is 16.6. The number of anilines is 1. The van der Waals surface area contributed by atoms with Crippen LogP contribution in [0.5, 0.6) is 0 Å². The predicted molar refractivity (Wildman–Crippen MR) is 75.5 cm³/mol. The fourth-order valence-corrected chi connectivity index (χ4v) is 3.02. The van der Waals surface area contributed by atoms with Crippen LogP contribution in [0, 0.1) is 11.3 Å². The number of benzene rings is 1. The first kappa shape index (κ1) is 11.9. The van der Waals surface area contributed by atoms with Gasteiger partial charge in [0, 0.05) is 18.8 Å². The number of cyclic esters (lactones) is 1. The molecule has 2 aromatic rings. The highest BCUT2D eigenvalue weighted by Crippen LogP contribution is 2.40. The van der Waals surface area contributed by atoms with E-state index in [-0.39, 0.29) is 6.04 Å². The summed E-state index contributed by atoms with van der Waals surface area (Å²) in [5, 5.41) is 9.08. The minimum atomic E-state index is -0.688. The monoisotopic (exact) mass is 277 g/mol. The second-order valence-electron chi connectivity index (χ2n) is 5.16. The number of fused-ring (bicyclic) bond motifs is 3.